The van der Waals surface area contributed by atoms with Crippen LogP contribution in [-0.4, -0.2) is 6.54 Å². The molecular weight excluding hydrogens is 254 g/mol. The summed E-state index contributed by atoms with van der Waals surface area (Å²) in [4.78, 5) is 0. The number of aryl methyl sites for hydroxylation is 1. The first-order valence-corrected chi connectivity index (χ1v) is 9.06. The molecule has 21 heavy (non-hydrogen) atoms. The van der Waals surface area contributed by atoms with Gasteiger partial charge in [-0.25, -0.2) is 0 Å². The zero-order chi connectivity index (χ0) is 15.1. The van der Waals surface area contributed by atoms with Crippen LogP contribution in [0.2, 0.25) is 0 Å². The Hall–Kier alpha value is -0.820. The van der Waals surface area contributed by atoms with Crippen molar-refractivity contribution < 1.29 is 0 Å². The van der Waals surface area contributed by atoms with Crippen LogP contribution in [0.5, 0.6) is 0 Å². The summed E-state index contributed by atoms with van der Waals surface area (Å²) in [5.74, 6) is 1.75. The Labute approximate surface area is 131 Å². The molecule has 0 aromatic heterocycles. The van der Waals surface area contributed by atoms with Crippen molar-refractivity contribution in [1.82, 2.24) is 5.32 Å². The smallest absolute Gasteiger partial charge is 0.0348 e. The number of benzene rings is 1. The summed E-state index contributed by atoms with van der Waals surface area (Å²) < 4.78 is 0. The van der Waals surface area contributed by atoms with Crippen molar-refractivity contribution in [3.05, 3.63) is 35.4 Å². The zero-order valence-electron chi connectivity index (χ0n) is 14.2. The van der Waals surface area contributed by atoms with Crippen molar-refractivity contribution in [3.8, 4) is 0 Å². The molecular formula is C20H33N. The molecule has 0 spiro atoms. The molecule has 1 heteroatoms. The molecule has 2 rings (SSSR count). The molecule has 1 aromatic rings. The zero-order valence-corrected chi connectivity index (χ0v) is 14.2. The molecule has 1 fully saturated rings. The summed E-state index contributed by atoms with van der Waals surface area (Å²) >= 11 is 0. The number of nitrogens with one attached hydrogen (secondary N) is 1. The summed E-state index contributed by atoms with van der Waals surface area (Å²) in [6.45, 7) is 7.96. The van der Waals surface area contributed by atoms with E-state index in [1.54, 1.807) is 0 Å². The quantitative estimate of drug-likeness (QED) is 0.697. The van der Waals surface area contributed by atoms with Crippen molar-refractivity contribution in [1.29, 1.82) is 0 Å². The van der Waals surface area contributed by atoms with Gasteiger partial charge in [0.1, 0.15) is 0 Å². The van der Waals surface area contributed by atoms with Gasteiger partial charge in [0, 0.05) is 6.04 Å². The Balaban J connectivity index is 2.03. The van der Waals surface area contributed by atoms with Gasteiger partial charge in [-0.1, -0.05) is 64.3 Å². The normalized spacial score (nSPS) is 24.0. The van der Waals surface area contributed by atoms with E-state index in [4.69, 9.17) is 0 Å². The van der Waals surface area contributed by atoms with E-state index in [9.17, 15) is 0 Å². The molecule has 0 heterocycles. The van der Waals surface area contributed by atoms with E-state index < -0.39 is 0 Å². The maximum atomic E-state index is 3.75. The number of hydrogen-bond acceptors (Lipinski definition) is 1. The van der Waals surface area contributed by atoms with Gasteiger partial charge in [-0.15, -0.1) is 0 Å². The summed E-state index contributed by atoms with van der Waals surface area (Å²) in [6, 6.07) is 10.00. The Morgan fingerprint density at radius 2 is 1.71 bits per heavy atom. The second-order valence-electron chi connectivity index (χ2n) is 6.90. The summed E-state index contributed by atoms with van der Waals surface area (Å²) in [5, 5.41) is 3.75. The van der Waals surface area contributed by atoms with Crippen LogP contribution in [0.1, 0.15) is 76.5 Å². The lowest BCUT2D eigenvalue weighted by Gasteiger charge is -2.33. The van der Waals surface area contributed by atoms with Crippen molar-refractivity contribution in [3.63, 3.8) is 0 Å². The van der Waals surface area contributed by atoms with Gasteiger partial charge in [0.15, 0.2) is 0 Å². The second-order valence-corrected chi connectivity index (χ2v) is 6.90. The number of unbranched alkanes of at least 4 members (excludes halogenated alkanes) is 1. The van der Waals surface area contributed by atoms with Crippen LogP contribution in [0.3, 0.4) is 0 Å². The fourth-order valence-electron chi connectivity index (χ4n) is 3.67. The van der Waals surface area contributed by atoms with Gasteiger partial charge in [0.2, 0.25) is 0 Å². The molecule has 0 aliphatic heterocycles. The summed E-state index contributed by atoms with van der Waals surface area (Å²) in [6.07, 6.45) is 9.39. The second kappa shape index (κ2) is 8.58. The van der Waals surface area contributed by atoms with Crippen LogP contribution in [0.15, 0.2) is 24.3 Å². The number of hydrogen-bond donors (Lipinski definition) is 1. The molecule has 1 aliphatic carbocycles. The largest absolute Gasteiger partial charge is 0.310 e. The van der Waals surface area contributed by atoms with Crippen LogP contribution in [0, 0.1) is 11.8 Å². The van der Waals surface area contributed by atoms with E-state index in [1.165, 1.54) is 56.1 Å². The highest BCUT2D eigenvalue weighted by Gasteiger charge is 2.26. The lowest BCUT2D eigenvalue weighted by Crippen LogP contribution is -2.30. The molecule has 0 radical (unpaired) electrons. The lowest BCUT2D eigenvalue weighted by atomic mass is 9.77. The van der Waals surface area contributed by atoms with Crippen molar-refractivity contribution in [2.45, 2.75) is 71.8 Å². The van der Waals surface area contributed by atoms with Gasteiger partial charge in [-0.05, 0) is 55.2 Å². The Morgan fingerprint density at radius 3 is 2.29 bits per heavy atom. The maximum absolute atomic E-state index is 3.75. The third-order valence-corrected chi connectivity index (χ3v) is 5.11. The standard InChI is InChI=1S/C20H33N/c1-4-6-7-17-10-14-19(15-11-17)20(21-5-2)18-12-8-16(3)9-13-18/h10-11,14-16,18,20-21H,4-9,12-13H2,1-3H3. The lowest BCUT2D eigenvalue weighted by molar-refractivity contribution is 0.233. The van der Waals surface area contributed by atoms with Crippen LogP contribution in [0.25, 0.3) is 0 Å². The van der Waals surface area contributed by atoms with E-state index in [-0.39, 0.29) is 0 Å². The predicted octanol–water partition coefficient (Wildman–Crippen LogP) is 5.51. The minimum absolute atomic E-state index is 0.558. The average molecular weight is 287 g/mol. The van der Waals surface area contributed by atoms with E-state index in [0.717, 1.165) is 18.4 Å². The molecule has 0 saturated heterocycles. The molecule has 0 bridgehead atoms. The van der Waals surface area contributed by atoms with Crippen LogP contribution >= 0.6 is 0 Å². The summed E-state index contributed by atoms with van der Waals surface area (Å²) in [5.41, 5.74) is 2.99. The third kappa shape index (κ3) is 4.85. The van der Waals surface area contributed by atoms with Crippen LogP contribution in [0.4, 0.5) is 0 Å². The van der Waals surface area contributed by atoms with E-state index in [2.05, 4.69) is 50.4 Å². The summed E-state index contributed by atoms with van der Waals surface area (Å²) in [7, 11) is 0. The van der Waals surface area contributed by atoms with Gasteiger partial charge < -0.3 is 5.32 Å². The Bertz CT molecular complexity index is 387. The molecule has 1 unspecified atom stereocenters. The average Bonchev–Trinajstić information content (AvgIpc) is 2.52. The molecule has 1 aromatic carbocycles. The molecule has 0 amide bonds. The van der Waals surface area contributed by atoms with E-state index in [1.807, 2.05) is 0 Å². The van der Waals surface area contributed by atoms with Crippen molar-refractivity contribution in [2.75, 3.05) is 6.54 Å². The number of rotatable bonds is 7. The van der Waals surface area contributed by atoms with Gasteiger partial charge in [-0.2, -0.15) is 0 Å². The first-order chi connectivity index (χ1) is 10.2. The van der Waals surface area contributed by atoms with Crippen LogP contribution in [-0.2, 0) is 6.42 Å². The Kier molecular flexibility index (Phi) is 6.76. The first-order valence-electron chi connectivity index (χ1n) is 9.06. The minimum atomic E-state index is 0.558. The highest BCUT2D eigenvalue weighted by atomic mass is 14.9. The fourth-order valence-corrected chi connectivity index (χ4v) is 3.67. The maximum Gasteiger partial charge on any atom is 0.0348 e. The van der Waals surface area contributed by atoms with E-state index >= 15 is 0 Å². The van der Waals surface area contributed by atoms with Gasteiger partial charge in [0.25, 0.3) is 0 Å². The molecule has 1 saturated carbocycles. The van der Waals surface area contributed by atoms with Crippen molar-refractivity contribution >= 4 is 0 Å². The van der Waals surface area contributed by atoms with Crippen molar-refractivity contribution in [2.24, 2.45) is 11.8 Å². The SMILES string of the molecule is CCCCc1ccc(C(NCC)C2CCC(C)CC2)cc1. The molecule has 1 atom stereocenters. The topological polar surface area (TPSA) is 12.0 Å². The monoisotopic (exact) mass is 287 g/mol. The minimum Gasteiger partial charge on any atom is -0.310 e. The Morgan fingerprint density at radius 1 is 1.05 bits per heavy atom. The molecule has 1 nitrogen and oxygen atoms in total. The van der Waals surface area contributed by atoms with E-state index in [0.29, 0.717) is 6.04 Å². The third-order valence-electron chi connectivity index (χ3n) is 5.11. The van der Waals surface area contributed by atoms with Crippen LogP contribution < -0.4 is 5.32 Å². The van der Waals surface area contributed by atoms with Gasteiger partial charge in [0.05, 0.1) is 0 Å². The first kappa shape index (κ1) is 16.5. The molecule has 1 N–H and O–H groups in total. The molecule has 118 valence electrons. The van der Waals surface area contributed by atoms with Gasteiger partial charge >= 0.3 is 0 Å². The highest BCUT2D eigenvalue weighted by Crippen LogP contribution is 2.36. The highest BCUT2D eigenvalue weighted by molar-refractivity contribution is 5.26. The van der Waals surface area contributed by atoms with Gasteiger partial charge in [-0.3, -0.25) is 0 Å². The fraction of sp³-hybridized carbons (Fsp3) is 0.700. The predicted molar refractivity (Wildman–Crippen MR) is 92.6 cm³/mol. The molecule has 1 aliphatic rings.